The van der Waals surface area contributed by atoms with Gasteiger partial charge in [-0.15, -0.1) is 0 Å². The Labute approximate surface area is 128 Å². The average molecular weight is 293 g/mol. The van der Waals surface area contributed by atoms with Crippen LogP contribution in [0.15, 0.2) is 67.3 Å². The van der Waals surface area contributed by atoms with Crippen molar-refractivity contribution in [3.05, 3.63) is 72.8 Å². The molecule has 22 heavy (non-hydrogen) atoms. The Morgan fingerprint density at radius 1 is 1.14 bits per heavy atom. The number of aromatic nitrogens is 2. The number of para-hydroxylation sites is 2. The van der Waals surface area contributed by atoms with Crippen LogP contribution in [-0.2, 0) is 0 Å². The van der Waals surface area contributed by atoms with Crippen molar-refractivity contribution >= 4 is 11.6 Å². The van der Waals surface area contributed by atoms with Crippen LogP contribution in [0.25, 0.3) is 5.69 Å². The molecule has 1 heterocycles. The molecule has 1 aromatic heterocycles. The van der Waals surface area contributed by atoms with E-state index in [1.54, 1.807) is 43.9 Å². The van der Waals surface area contributed by atoms with Gasteiger partial charge in [-0.1, -0.05) is 12.1 Å². The number of rotatable bonds is 4. The third-order valence-corrected chi connectivity index (χ3v) is 3.29. The monoisotopic (exact) mass is 293 g/mol. The van der Waals surface area contributed by atoms with E-state index >= 15 is 0 Å². The van der Waals surface area contributed by atoms with Crippen LogP contribution in [0.5, 0.6) is 5.75 Å². The minimum atomic E-state index is -0.171. The third-order valence-electron chi connectivity index (χ3n) is 3.29. The number of amides is 1. The van der Waals surface area contributed by atoms with E-state index in [2.05, 4.69) is 10.3 Å². The molecule has 5 heteroatoms. The molecule has 0 aliphatic rings. The van der Waals surface area contributed by atoms with Crippen LogP contribution in [0.3, 0.4) is 0 Å². The maximum atomic E-state index is 12.4. The van der Waals surface area contributed by atoms with Crippen LogP contribution in [0.4, 0.5) is 5.69 Å². The highest BCUT2D eigenvalue weighted by molar-refractivity contribution is 6.05. The van der Waals surface area contributed by atoms with Gasteiger partial charge in [0.05, 0.1) is 24.8 Å². The SMILES string of the molecule is COc1ccc(C(=O)Nc2ccccc2-n2ccnc2)cc1. The summed E-state index contributed by atoms with van der Waals surface area (Å²) in [5.74, 6) is 0.547. The van der Waals surface area contributed by atoms with E-state index in [0.717, 1.165) is 17.1 Å². The number of ether oxygens (including phenoxy) is 1. The van der Waals surface area contributed by atoms with Crippen LogP contribution in [-0.4, -0.2) is 22.6 Å². The van der Waals surface area contributed by atoms with Crippen molar-refractivity contribution in [1.29, 1.82) is 0 Å². The van der Waals surface area contributed by atoms with Gasteiger partial charge in [0, 0.05) is 18.0 Å². The summed E-state index contributed by atoms with van der Waals surface area (Å²) in [5.41, 5.74) is 2.16. The lowest BCUT2D eigenvalue weighted by Gasteiger charge is -2.11. The van der Waals surface area contributed by atoms with Gasteiger partial charge in [-0.25, -0.2) is 4.98 Å². The minimum Gasteiger partial charge on any atom is -0.497 e. The summed E-state index contributed by atoms with van der Waals surface area (Å²) in [5, 5.41) is 2.92. The molecule has 0 radical (unpaired) electrons. The molecule has 0 saturated heterocycles. The number of anilines is 1. The highest BCUT2D eigenvalue weighted by Gasteiger charge is 2.10. The van der Waals surface area contributed by atoms with Gasteiger partial charge in [0.25, 0.3) is 5.91 Å². The molecule has 0 unspecified atom stereocenters. The molecule has 2 aromatic carbocycles. The smallest absolute Gasteiger partial charge is 0.255 e. The zero-order chi connectivity index (χ0) is 15.4. The number of hydrogen-bond donors (Lipinski definition) is 1. The zero-order valence-corrected chi connectivity index (χ0v) is 12.1. The van der Waals surface area contributed by atoms with E-state index in [4.69, 9.17) is 4.74 Å². The lowest BCUT2D eigenvalue weighted by Crippen LogP contribution is -2.13. The predicted octanol–water partition coefficient (Wildman–Crippen LogP) is 3.13. The molecule has 1 amide bonds. The number of carbonyl (C=O) groups excluding carboxylic acids is 1. The first-order valence-electron chi connectivity index (χ1n) is 6.80. The molecule has 110 valence electrons. The van der Waals surface area contributed by atoms with Gasteiger partial charge in [-0.3, -0.25) is 4.79 Å². The molecule has 0 atom stereocenters. The van der Waals surface area contributed by atoms with Gasteiger partial charge in [0.1, 0.15) is 5.75 Å². The topological polar surface area (TPSA) is 56.1 Å². The van der Waals surface area contributed by atoms with Gasteiger partial charge >= 0.3 is 0 Å². The molecule has 5 nitrogen and oxygen atoms in total. The molecular formula is C17H15N3O2. The van der Waals surface area contributed by atoms with Crippen molar-refractivity contribution in [3.8, 4) is 11.4 Å². The van der Waals surface area contributed by atoms with E-state index < -0.39 is 0 Å². The fraction of sp³-hybridized carbons (Fsp3) is 0.0588. The Kier molecular flexibility index (Phi) is 3.87. The largest absolute Gasteiger partial charge is 0.497 e. The summed E-state index contributed by atoms with van der Waals surface area (Å²) in [7, 11) is 1.59. The molecule has 0 fully saturated rings. The van der Waals surface area contributed by atoms with E-state index in [0.29, 0.717) is 5.56 Å². The molecule has 0 saturated carbocycles. The molecule has 0 spiro atoms. The molecule has 1 N–H and O–H groups in total. The Balaban J connectivity index is 1.85. The molecule has 3 aromatic rings. The lowest BCUT2D eigenvalue weighted by molar-refractivity contribution is 0.102. The Morgan fingerprint density at radius 3 is 2.59 bits per heavy atom. The Hall–Kier alpha value is -3.08. The number of imidazole rings is 1. The summed E-state index contributed by atoms with van der Waals surface area (Å²) in [6.45, 7) is 0. The van der Waals surface area contributed by atoms with Crippen molar-refractivity contribution in [2.24, 2.45) is 0 Å². The average Bonchev–Trinajstić information content (AvgIpc) is 3.10. The fourth-order valence-electron chi connectivity index (χ4n) is 2.14. The minimum absolute atomic E-state index is 0.171. The molecule has 0 bridgehead atoms. The normalized spacial score (nSPS) is 10.2. The number of carbonyl (C=O) groups is 1. The van der Waals surface area contributed by atoms with Crippen molar-refractivity contribution < 1.29 is 9.53 Å². The van der Waals surface area contributed by atoms with Crippen LogP contribution in [0.2, 0.25) is 0 Å². The zero-order valence-electron chi connectivity index (χ0n) is 12.1. The van der Waals surface area contributed by atoms with Crippen molar-refractivity contribution in [2.75, 3.05) is 12.4 Å². The standard InChI is InChI=1S/C17H15N3O2/c1-22-14-8-6-13(7-9-14)17(21)19-15-4-2-3-5-16(15)20-11-10-18-12-20/h2-12H,1H3,(H,19,21). The number of nitrogens with zero attached hydrogens (tertiary/aromatic N) is 2. The quantitative estimate of drug-likeness (QED) is 0.804. The highest BCUT2D eigenvalue weighted by Crippen LogP contribution is 2.21. The van der Waals surface area contributed by atoms with Gasteiger partial charge in [-0.05, 0) is 36.4 Å². The molecule has 0 aliphatic carbocycles. The van der Waals surface area contributed by atoms with Crippen LogP contribution >= 0.6 is 0 Å². The van der Waals surface area contributed by atoms with E-state index in [9.17, 15) is 4.79 Å². The second-order valence-electron chi connectivity index (χ2n) is 4.67. The van der Waals surface area contributed by atoms with Crippen LogP contribution in [0.1, 0.15) is 10.4 Å². The summed E-state index contributed by atoms with van der Waals surface area (Å²) < 4.78 is 6.94. The maximum absolute atomic E-state index is 12.4. The molecule has 0 aliphatic heterocycles. The van der Waals surface area contributed by atoms with Crippen LogP contribution in [0, 0.1) is 0 Å². The fourth-order valence-corrected chi connectivity index (χ4v) is 2.14. The molecule has 3 rings (SSSR count). The molecular weight excluding hydrogens is 278 g/mol. The first kappa shape index (κ1) is 13.9. The van der Waals surface area contributed by atoms with Gasteiger partial charge in [0.15, 0.2) is 0 Å². The summed E-state index contributed by atoms with van der Waals surface area (Å²) in [4.78, 5) is 16.4. The summed E-state index contributed by atoms with van der Waals surface area (Å²) in [6, 6.07) is 14.6. The van der Waals surface area contributed by atoms with Gasteiger partial charge < -0.3 is 14.6 Å². The lowest BCUT2D eigenvalue weighted by atomic mass is 10.2. The first-order valence-corrected chi connectivity index (χ1v) is 6.80. The Bertz CT molecular complexity index is 765. The van der Waals surface area contributed by atoms with Gasteiger partial charge in [0.2, 0.25) is 0 Å². The summed E-state index contributed by atoms with van der Waals surface area (Å²) in [6.07, 6.45) is 5.22. The third kappa shape index (κ3) is 2.83. The van der Waals surface area contributed by atoms with Gasteiger partial charge in [-0.2, -0.15) is 0 Å². The van der Waals surface area contributed by atoms with Crippen molar-refractivity contribution in [3.63, 3.8) is 0 Å². The van der Waals surface area contributed by atoms with Crippen molar-refractivity contribution in [1.82, 2.24) is 9.55 Å². The van der Waals surface area contributed by atoms with E-state index in [-0.39, 0.29) is 5.91 Å². The summed E-state index contributed by atoms with van der Waals surface area (Å²) >= 11 is 0. The first-order chi connectivity index (χ1) is 10.8. The van der Waals surface area contributed by atoms with Crippen LogP contribution < -0.4 is 10.1 Å². The Morgan fingerprint density at radius 2 is 1.91 bits per heavy atom. The van der Waals surface area contributed by atoms with E-state index in [1.807, 2.05) is 35.0 Å². The predicted molar refractivity (Wildman–Crippen MR) is 84.5 cm³/mol. The maximum Gasteiger partial charge on any atom is 0.255 e. The number of methoxy groups -OCH3 is 1. The number of nitrogens with one attached hydrogen (secondary N) is 1. The number of benzene rings is 2. The van der Waals surface area contributed by atoms with Crippen molar-refractivity contribution in [2.45, 2.75) is 0 Å². The van der Waals surface area contributed by atoms with E-state index in [1.165, 1.54) is 0 Å². The second-order valence-corrected chi connectivity index (χ2v) is 4.67. The highest BCUT2D eigenvalue weighted by atomic mass is 16.5. The second kappa shape index (κ2) is 6.13. The number of hydrogen-bond acceptors (Lipinski definition) is 3.